The van der Waals surface area contributed by atoms with Crippen LogP contribution in [0.2, 0.25) is 0 Å². The molecule has 4 nitrogen and oxygen atoms in total. The van der Waals surface area contributed by atoms with Crippen LogP contribution in [0.5, 0.6) is 5.75 Å². The van der Waals surface area contributed by atoms with E-state index in [1.165, 1.54) is 0 Å². The fourth-order valence-electron chi connectivity index (χ4n) is 1.55. The van der Waals surface area contributed by atoms with Crippen molar-refractivity contribution < 1.29 is 9.53 Å². The lowest BCUT2D eigenvalue weighted by atomic mass is 10.2. The Kier molecular flexibility index (Phi) is 6.89. The minimum absolute atomic E-state index is 0.0180. The summed E-state index contributed by atoms with van der Waals surface area (Å²) in [6.07, 6.45) is 1.79. The number of ether oxygens (including phenoxy) is 1. The van der Waals surface area contributed by atoms with Gasteiger partial charge in [0.2, 0.25) is 5.91 Å². The number of thiocarbonyl (C=S) groups is 1. The lowest BCUT2D eigenvalue weighted by molar-refractivity contribution is -0.121. The van der Waals surface area contributed by atoms with E-state index < -0.39 is 0 Å². The van der Waals surface area contributed by atoms with Gasteiger partial charge in [0.25, 0.3) is 0 Å². The van der Waals surface area contributed by atoms with E-state index in [9.17, 15) is 4.79 Å². The summed E-state index contributed by atoms with van der Waals surface area (Å²) in [6, 6.07) is 7.76. The van der Waals surface area contributed by atoms with E-state index in [1.807, 2.05) is 31.2 Å². The molecule has 0 atom stereocenters. The molecule has 0 aliphatic carbocycles. The predicted octanol–water partition coefficient (Wildman–Crippen LogP) is 1.95. The first-order valence-electron chi connectivity index (χ1n) is 6.32. The Morgan fingerprint density at radius 2 is 2.21 bits per heavy atom. The van der Waals surface area contributed by atoms with Gasteiger partial charge in [-0.2, -0.15) is 0 Å². The van der Waals surface area contributed by atoms with Crippen molar-refractivity contribution in [3.8, 4) is 5.75 Å². The first-order chi connectivity index (χ1) is 9.08. The monoisotopic (exact) mass is 280 g/mol. The SMILES string of the molecule is Cc1cccc(OCCC(=O)NCCCC(N)=S)c1. The van der Waals surface area contributed by atoms with Crippen molar-refractivity contribution >= 4 is 23.1 Å². The molecule has 1 amide bonds. The van der Waals surface area contributed by atoms with Gasteiger partial charge in [0, 0.05) is 6.54 Å². The summed E-state index contributed by atoms with van der Waals surface area (Å²) in [5.74, 6) is 0.775. The lowest BCUT2D eigenvalue weighted by Gasteiger charge is -2.07. The van der Waals surface area contributed by atoms with Crippen molar-refractivity contribution in [3.05, 3.63) is 29.8 Å². The largest absolute Gasteiger partial charge is 0.493 e. The highest BCUT2D eigenvalue weighted by Crippen LogP contribution is 2.12. The van der Waals surface area contributed by atoms with E-state index in [1.54, 1.807) is 0 Å². The average Bonchev–Trinajstić information content (AvgIpc) is 2.34. The van der Waals surface area contributed by atoms with Gasteiger partial charge >= 0.3 is 0 Å². The molecule has 0 heterocycles. The van der Waals surface area contributed by atoms with Crippen LogP contribution in [0, 0.1) is 6.92 Å². The van der Waals surface area contributed by atoms with Crippen LogP contribution in [0.25, 0.3) is 0 Å². The maximum atomic E-state index is 11.5. The molecule has 0 aliphatic rings. The number of carbonyl (C=O) groups is 1. The Morgan fingerprint density at radius 3 is 2.89 bits per heavy atom. The molecule has 1 rings (SSSR count). The molecule has 5 heteroatoms. The summed E-state index contributed by atoms with van der Waals surface area (Å²) in [6.45, 7) is 2.98. The van der Waals surface area contributed by atoms with Crippen LogP contribution in [-0.4, -0.2) is 24.0 Å². The number of nitrogens with one attached hydrogen (secondary N) is 1. The number of nitrogens with two attached hydrogens (primary N) is 1. The van der Waals surface area contributed by atoms with E-state index >= 15 is 0 Å². The molecule has 19 heavy (non-hydrogen) atoms. The molecule has 0 spiro atoms. The molecular formula is C14H20N2O2S. The van der Waals surface area contributed by atoms with E-state index in [2.05, 4.69) is 5.32 Å². The Balaban J connectivity index is 2.12. The number of hydrogen-bond donors (Lipinski definition) is 2. The lowest BCUT2D eigenvalue weighted by Crippen LogP contribution is -2.26. The predicted molar refractivity (Wildman–Crippen MR) is 80.3 cm³/mol. The highest BCUT2D eigenvalue weighted by atomic mass is 32.1. The maximum Gasteiger partial charge on any atom is 0.223 e. The second-order valence-electron chi connectivity index (χ2n) is 4.33. The fraction of sp³-hybridized carbons (Fsp3) is 0.429. The topological polar surface area (TPSA) is 64.3 Å². The van der Waals surface area contributed by atoms with Gasteiger partial charge in [-0.25, -0.2) is 0 Å². The van der Waals surface area contributed by atoms with Crippen LogP contribution >= 0.6 is 12.2 Å². The van der Waals surface area contributed by atoms with E-state index in [0.717, 1.165) is 17.7 Å². The quantitative estimate of drug-likeness (QED) is 0.564. The standard InChI is InChI=1S/C14H20N2O2S/c1-11-4-2-5-12(10-11)18-9-7-14(17)16-8-3-6-13(15)19/h2,4-5,10H,3,6-9H2,1H3,(H2,15,19)(H,16,17). The molecule has 0 unspecified atom stereocenters. The third kappa shape index (κ3) is 7.41. The van der Waals surface area contributed by atoms with Crippen LogP contribution in [0.1, 0.15) is 24.8 Å². The minimum Gasteiger partial charge on any atom is -0.493 e. The zero-order chi connectivity index (χ0) is 14.1. The zero-order valence-corrected chi connectivity index (χ0v) is 12.0. The second kappa shape index (κ2) is 8.48. The third-order valence-corrected chi connectivity index (χ3v) is 2.71. The number of benzene rings is 1. The highest BCUT2D eigenvalue weighted by molar-refractivity contribution is 7.80. The van der Waals surface area contributed by atoms with Gasteiger partial charge in [-0.15, -0.1) is 0 Å². The molecule has 0 saturated carbocycles. The fourth-order valence-corrected chi connectivity index (χ4v) is 1.69. The molecule has 0 aromatic heterocycles. The first-order valence-corrected chi connectivity index (χ1v) is 6.73. The van der Waals surface area contributed by atoms with Crippen molar-refractivity contribution in [1.82, 2.24) is 5.32 Å². The minimum atomic E-state index is -0.0180. The van der Waals surface area contributed by atoms with Gasteiger partial charge in [-0.05, 0) is 37.5 Å². The summed E-state index contributed by atoms with van der Waals surface area (Å²) >= 11 is 4.75. The molecule has 0 bridgehead atoms. The summed E-state index contributed by atoms with van der Waals surface area (Å²) < 4.78 is 5.50. The van der Waals surface area contributed by atoms with Crippen LogP contribution in [-0.2, 0) is 4.79 Å². The summed E-state index contributed by atoms with van der Waals surface area (Å²) in [4.78, 5) is 12.0. The van der Waals surface area contributed by atoms with Crippen molar-refractivity contribution in [3.63, 3.8) is 0 Å². The van der Waals surface area contributed by atoms with Crippen molar-refractivity contribution in [1.29, 1.82) is 0 Å². The molecule has 3 N–H and O–H groups in total. The van der Waals surface area contributed by atoms with Crippen LogP contribution < -0.4 is 15.8 Å². The van der Waals surface area contributed by atoms with Crippen molar-refractivity contribution in [2.24, 2.45) is 5.73 Å². The zero-order valence-electron chi connectivity index (χ0n) is 11.1. The van der Waals surface area contributed by atoms with E-state index in [0.29, 0.717) is 31.0 Å². The van der Waals surface area contributed by atoms with Crippen LogP contribution in [0.3, 0.4) is 0 Å². The van der Waals surface area contributed by atoms with Gasteiger partial charge in [-0.1, -0.05) is 24.4 Å². The second-order valence-corrected chi connectivity index (χ2v) is 4.86. The van der Waals surface area contributed by atoms with Gasteiger partial charge < -0.3 is 15.8 Å². The highest BCUT2D eigenvalue weighted by Gasteiger charge is 2.01. The Labute approximate surface area is 119 Å². The number of rotatable bonds is 8. The third-order valence-electron chi connectivity index (χ3n) is 2.51. The van der Waals surface area contributed by atoms with Gasteiger partial charge in [0.05, 0.1) is 18.0 Å². The van der Waals surface area contributed by atoms with Crippen molar-refractivity contribution in [2.75, 3.05) is 13.2 Å². The maximum absolute atomic E-state index is 11.5. The normalized spacial score (nSPS) is 9.95. The molecule has 1 aromatic rings. The van der Waals surface area contributed by atoms with Crippen LogP contribution in [0.4, 0.5) is 0 Å². The summed E-state index contributed by atoms with van der Waals surface area (Å²) in [5, 5.41) is 2.80. The average molecular weight is 280 g/mol. The molecule has 0 saturated heterocycles. The smallest absolute Gasteiger partial charge is 0.223 e. The van der Waals surface area contributed by atoms with Crippen LogP contribution in [0.15, 0.2) is 24.3 Å². The van der Waals surface area contributed by atoms with E-state index in [4.69, 9.17) is 22.7 Å². The molecule has 0 fully saturated rings. The van der Waals surface area contributed by atoms with Crippen molar-refractivity contribution in [2.45, 2.75) is 26.2 Å². The molecule has 1 aromatic carbocycles. The molecular weight excluding hydrogens is 260 g/mol. The Morgan fingerprint density at radius 1 is 1.42 bits per heavy atom. The van der Waals surface area contributed by atoms with Gasteiger partial charge in [-0.3, -0.25) is 4.79 Å². The summed E-state index contributed by atoms with van der Waals surface area (Å²) in [5.41, 5.74) is 6.50. The molecule has 0 aliphatic heterocycles. The Hall–Kier alpha value is -1.62. The Bertz CT molecular complexity index is 435. The van der Waals surface area contributed by atoms with Gasteiger partial charge in [0.1, 0.15) is 5.75 Å². The molecule has 104 valence electrons. The number of hydrogen-bond acceptors (Lipinski definition) is 3. The number of aryl methyl sites for hydroxylation is 1. The van der Waals surface area contributed by atoms with Gasteiger partial charge in [0.15, 0.2) is 0 Å². The number of carbonyl (C=O) groups excluding carboxylic acids is 1. The summed E-state index contributed by atoms with van der Waals surface area (Å²) in [7, 11) is 0. The first kappa shape index (κ1) is 15.4. The van der Waals surface area contributed by atoms with E-state index in [-0.39, 0.29) is 5.91 Å². The molecule has 0 radical (unpaired) electrons. The number of amides is 1.